The van der Waals surface area contributed by atoms with Crippen molar-refractivity contribution in [2.45, 2.75) is 102 Å². The fraction of sp³-hybridized carbons (Fsp3) is 0.645. The van der Waals surface area contributed by atoms with Crippen molar-refractivity contribution in [3.8, 4) is 0 Å². The van der Waals surface area contributed by atoms with Gasteiger partial charge >= 0.3 is 5.16 Å². The molecule has 1 aromatic carbocycles. The van der Waals surface area contributed by atoms with Crippen molar-refractivity contribution in [1.82, 2.24) is 19.5 Å². The second-order valence-corrected chi connectivity index (χ2v) is 13.6. The highest BCUT2D eigenvalue weighted by Crippen LogP contribution is 2.40. The van der Waals surface area contributed by atoms with E-state index in [1.54, 1.807) is 6.26 Å². The van der Waals surface area contributed by atoms with E-state index in [1.807, 2.05) is 0 Å². The Bertz CT molecular complexity index is 1250. The predicted molar refractivity (Wildman–Crippen MR) is 160 cm³/mol. The largest absolute Gasteiger partial charge is 0.609 e. The Morgan fingerprint density at radius 3 is 2.44 bits per heavy atom. The molecular weight excluding hydrogens is 504 g/mol. The van der Waals surface area contributed by atoms with E-state index in [-0.39, 0.29) is 0 Å². The van der Waals surface area contributed by atoms with Gasteiger partial charge in [-0.15, -0.1) is 0 Å². The summed E-state index contributed by atoms with van der Waals surface area (Å²) in [6.45, 7) is 6.56. The molecule has 0 radical (unpaired) electrons. The molecule has 39 heavy (non-hydrogen) atoms. The summed E-state index contributed by atoms with van der Waals surface area (Å²) in [5.74, 6) is 3.90. The molecule has 0 bridgehead atoms. The number of nitrogens with one attached hydrogen (secondary N) is 1. The highest BCUT2D eigenvalue weighted by Gasteiger charge is 2.33. The second kappa shape index (κ2) is 11.7. The molecular formula is C31H44N6OS. The van der Waals surface area contributed by atoms with Crippen molar-refractivity contribution in [2.75, 3.05) is 23.0 Å². The van der Waals surface area contributed by atoms with Crippen molar-refractivity contribution in [3.63, 3.8) is 0 Å². The van der Waals surface area contributed by atoms with Crippen molar-refractivity contribution in [1.29, 1.82) is 0 Å². The van der Waals surface area contributed by atoms with E-state index >= 15 is 0 Å². The Morgan fingerprint density at radius 1 is 0.974 bits per heavy atom. The molecule has 3 aromatic rings. The van der Waals surface area contributed by atoms with Crippen LogP contribution in [0.15, 0.2) is 35.5 Å². The summed E-state index contributed by atoms with van der Waals surface area (Å²) >= 11 is -1.28. The van der Waals surface area contributed by atoms with Gasteiger partial charge in [0.2, 0.25) is 5.95 Å². The number of fused-ring (bicyclic) bond motifs is 1. The number of rotatable bonds is 8. The molecule has 2 aromatic heterocycles. The van der Waals surface area contributed by atoms with E-state index in [4.69, 9.17) is 15.0 Å². The van der Waals surface area contributed by atoms with Gasteiger partial charge in [-0.3, -0.25) is 0 Å². The Labute approximate surface area is 236 Å². The van der Waals surface area contributed by atoms with Crippen LogP contribution in [0.25, 0.3) is 11.2 Å². The van der Waals surface area contributed by atoms with Gasteiger partial charge in [-0.05, 0) is 75.2 Å². The fourth-order valence-corrected chi connectivity index (χ4v) is 7.30. The first-order valence-corrected chi connectivity index (χ1v) is 16.7. The minimum absolute atomic E-state index is 0.292. The van der Waals surface area contributed by atoms with Crippen molar-refractivity contribution in [3.05, 3.63) is 35.9 Å². The third-order valence-corrected chi connectivity index (χ3v) is 10.3. The molecule has 210 valence electrons. The minimum atomic E-state index is -1.28. The molecule has 7 nitrogen and oxygen atoms in total. The molecule has 1 saturated heterocycles. The molecule has 1 N–H and O–H groups in total. The molecule has 3 atom stereocenters. The van der Waals surface area contributed by atoms with Crippen molar-refractivity contribution >= 4 is 34.1 Å². The average Bonchev–Trinajstić information content (AvgIpc) is 3.27. The van der Waals surface area contributed by atoms with E-state index in [1.165, 1.54) is 56.9 Å². The number of piperidine rings is 1. The van der Waals surface area contributed by atoms with Crippen LogP contribution in [0, 0.1) is 17.8 Å². The lowest BCUT2D eigenvalue weighted by molar-refractivity contribution is 0.266. The fourth-order valence-electron chi connectivity index (χ4n) is 6.86. The summed E-state index contributed by atoms with van der Waals surface area (Å²) in [6, 6.07) is 11.5. The van der Waals surface area contributed by atoms with Crippen LogP contribution >= 0.6 is 0 Å². The third kappa shape index (κ3) is 5.64. The Kier molecular flexibility index (Phi) is 8.03. The van der Waals surface area contributed by atoms with Gasteiger partial charge in [-0.1, -0.05) is 56.5 Å². The Morgan fingerprint density at radius 2 is 1.74 bits per heavy atom. The number of aromatic nitrogens is 4. The maximum atomic E-state index is 12.6. The van der Waals surface area contributed by atoms with Gasteiger partial charge in [0.25, 0.3) is 0 Å². The topological polar surface area (TPSA) is 81.9 Å². The molecule has 3 fully saturated rings. The van der Waals surface area contributed by atoms with E-state index < -0.39 is 11.2 Å². The summed E-state index contributed by atoms with van der Waals surface area (Å²) in [5.41, 5.74) is 3.01. The van der Waals surface area contributed by atoms with E-state index in [9.17, 15) is 4.55 Å². The van der Waals surface area contributed by atoms with Crippen LogP contribution in [0.2, 0.25) is 0 Å². The summed E-state index contributed by atoms with van der Waals surface area (Å²) in [6.07, 6.45) is 14.1. The molecule has 8 heteroatoms. The molecule has 2 unspecified atom stereocenters. The summed E-state index contributed by atoms with van der Waals surface area (Å²) < 4.78 is 15.1. The van der Waals surface area contributed by atoms with Gasteiger partial charge < -0.3 is 19.3 Å². The number of imidazole rings is 1. The lowest BCUT2D eigenvalue weighted by Crippen LogP contribution is -2.36. The molecule has 1 aliphatic heterocycles. The van der Waals surface area contributed by atoms with Crippen LogP contribution in [0.4, 0.5) is 11.8 Å². The van der Waals surface area contributed by atoms with Crippen LogP contribution in [-0.2, 0) is 17.7 Å². The zero-order chi connectivity index (χ0) is 26.9. The minimum Gasteiger partial charge on any atom is -0.609 e. The van der Waals surface area contributed by atoms with E-state index in [0.29, 0.717) is 34.7 Å². The van der Waals surface area contributed by atoms with Crippen LogP contribution in [0.5, 0.6) is 0 Å². The lowest BCUT2D eigenvalue weighted by Gasteiger charge is -2.38. The monoisotopic (exact) mass is 548 g/mol. The quantitative estimate of drug-likeness (QED) is 0.248. The first-order chi connectivity index (χ1) is 19.0. The van der Waals surface area contributed by atoms with E-state index in [2.05, 4.69) is 59.0 Å². The van der Waals surface area contributed by atoms with E-state index in [0.717, 1.165) is 49.1 Å². The van der Waals surface area contributed by atoms with Gasteiger partial charge in [0, 0.05) is 30.3 Å². The van der Waals surface area contributed by atoms with Gasteiger partial charge in [0.1, 0.15) is 11.8 Å². The van der Waals surface area contributed by atoms with Gasteiger partial charge in [-0.25, -0.2) is 0 Å². The van der Waals surface area contributed by atoms with Crippen LogP contribution in [-0.4, -0.2) is 42.9 Å². The first-order valence-electron chi connectivity index (χ1n) is 15.2. The van der Waals surface area contributed by atoms with Gasteiger partial charge in [0.15, 0.2) is 11.5 Å². The number of benzene rings is 1. The number of anilines is 2. The standard InChI is InChI=1S/C31H44N6OS/c1-21-15-17-23(18-16-21)20-37-27-28(32-22(2)24-12-9-13-24)33-30(39(3)38)34-29(27)35-31(37)36-19-8-7-14-26(36)25-10-5-4-6-11-25/h4-6,10-11,21-24,26H,7-9,12-20H2,1-3H3,(H,32,33,34)/t21?,22-,23?,26?,39?/m1/s1. The molecule has 2 saturated carbocycles. The summed E-state index contributed by atoms with van der Waals surface area (Å²) in [7, 11) is 0. The van der Waals surface area contributed by atoms with Crippen LogP contribution in [0.3, 0.4) is 0 Å². The Balaban J connectivity index is 1.47. The van der Waals surface area contributed by atoms with Gasteiger partial charge in [-0.2, -0.15) is 15.0 Å². The highest BCUT2D eigenvalue weighted by molar-refractivity contribution is 7.90. The first kappa shape index (κ1) is 26.9. The normalized spacial score (nSPS) is 25.8. The van der Waals surface area contributed by atoms with Crippen molar-refractivity contribution < 1.29 is 4.55 Å². The summed E-state index contributed by atoms with van der Waals surface area (Å²) in [4.78, 5) is 17.4. The van der Waals surface area contributed by atoms with Crippen molar-refractivity contribution in [2.24, 2.45) is 17.8 Å². The average molecular weight is 549 g/mol. The molecule has 2 aliphatic carbocycles. The van der Waals surface area contributed by atoms with Gasteiger partial charge in [0.05, 0.1) is 6.04 Å². The Hall–Kier alpha value is -2.32. The molecule has 3 heterocycles. The number of hydrogen-bond acceptors (Lipinski definition) is 6. The molecule has 3 aliphatic rings. The molecule has 0 spiro atoms. The SMILES string of the molecule is CC1CCC(Cn2c(N3CCCCC3c3ccccc3)nc3nc([S+](C)[O-])nc(N[C@H](C)C4CCC4)c32)CC1. The maximum absolute atomic E-state index is 12.6. The summed E-state index contributed by atoms with van der Waals surface area (Å²) in [5, 5.41) is 4.13. The second-order valence-electron chi connectivity index (χ2n) is 12.4. The third-order valence-electron chi connectivity index (χ3n) is 9.56. The number of hydrogen-bond donors (Lipinski definition) is 1. The zero-order valence-corrected chi connectivity index (χ0v) is 24.6. The van der Waals surface area contributed by atoms with Crippen LogP contribution < -0.4 is 10.2 Å². The molecule has 6 rings (SSSR count). The highest BCUT2D eigenvalue weighted by atomic mass is 32.2. The zero-order valence-electron chi connectivity index (χ0n) is 23.8. The lowest BCUT2D eigenvalue weighted by atomic mass is 9.80. The smallest absolute Gasteiger partial charge is 0.346 e. The van der Waals surface area contributed by atoms with Crippen LogP contribution in [0.1, 0.15) is 89.7 Å². The number of nitrogens with zero attached hydrogens (tertiary/aromatic N) is 5. The maximum Gasteiger partial charge on any atom is 0.346 e. The molecule has 0 amide bonds. The predicted octanol–water partition coefficient (Wildman–Crippen LogP) is 6.72.